The Kier molecular flexibility index (Phi) is 5.85. The fourth-order valence-electron chi connectivity index (χ4n) is 2.55. The van der Waals surface area contributed by atoms with Crippen molar-refractivity contribution >= 4 is 11.6 Å². The Labute approximate surface area is 144 Å². The summed E-state index contributed by atoms with van der Waals surface area (Å²) in [5.41, 5.74) is 4.32. The lowest BCUT2D eigenvalue weighted by Crippen LogP contribution is -2.27. The Bertz CT molecular complexity index is 693. The van der Waals surface area contributed by atoms with Crippen molar-refractivity contribution in [3.63, 3.8) is 0 Å². The maximum atomic E-state index is 12.5. The van der Waals surface area contributed by atoms with E-state index in [-0.39, 0.29) is 5.91 Å². The molecule has 1 amide bonds. The van der Waals surface area contributed by atoms with Crippen LogP contribution in [0.2, 0.25) is 0 Å². The number of carbonyl (C=O) groups is 1. The highest BCUT2D eigenvalue weighted by Gasteiger charge is 2.11. The van der Waals surface area contributed by atoms with Crippen LogP contribution in [0.3, 0.4) is 0 Å². The third kappa shape index (κ3) is 4.51. The van der Waals surface area contributed by atoms with Gasteiger partial charge in [0.25, 0.3) is 0 Å². The van der Waals surface area contributed by atoms with Crippen LogP contribution in [0.4, 0.5) is 5.69 Å². The van der Waals surface area contributed by atoms with E-state index in [0.29, 0.717) is 13.0 Å². The predicted octanol–water partition coefficient (Wildman–Crippen LogP) is 3.27. The minimum atomic E-state index is 0.0950. The fourth-order valence-corrected chi connectivity index (χ4v) is 2.55. The molecule has 0 bridgehead atoms. The molecule has 4 nitrogen and oxygen atoms in total. The van der Waals surface area contributed by atoms with Crippen LogP contribution in [0.5, 0.6) is 5.75 Å². The monoisotopic (exact) mass is 326 g/mol. The second-order valence-corrected chi connectivity index (χ2v) is 6.29. The van der Waals surface area contributed by atoms with Gasteiger partial charge in [-0.2, -0.15) is 0 Å². The molecule has 0 atom stereocenters. The summed E-state index contributed by atoms with van der Waals surface area (Å²) in [5.74, 6) is 0.916. The summed E-state index contributed by atoms with van der Waals surface area (Å²) in [7, 11) is 7.52. The molecule has 0 unspecified atom stereocenters. The molecule has 0 aromatic heterocycles. The van der Waals surface area contributed by atoms with Crippen molar-refractivity contribution in [2.75, 3.05) is 33.2 Å². The molecule has 4 heteroatoms. The molecule has 0 aliphatic rings. The molecule has 2 rings (SSSR count). The van der Waals surface area contributed by atoms with E-state index in [1.165, 1.54) is 0 Å². The van der Waals surface area contributed by atoms with Gasteiger partial charge in [-0.3, -0.25) is 4.79 Å². The van der Waals surface area contributed by atoms with Crippen LogP contribution in [0, 0.1) is 6.92 Å². The van der Waals surface area contributed by atoms with Gasteiger partial charge in [0.2, 0.25) is 5.91 Å². The lowest BCUT2D eigenvalue weighted by molar-refractivity contribution is -0.129. The predicted molar refractivity (Wildman–Crippen MR) is 98.7 cm³/mol. The summed E-state index contributed by atoms with van der Waals surface area (Å²) < 4.78 is 5.32. The highest BCUT2D eigenvalue weighted by atomic mass is 16.5. The van der Waals surface area contributed by atoms with E-state index in [0.717, 1.165) is 28.1 Å². The molecule has 0 saturated carbocycles. The van der Waals surface area contributed by atoms with Gasteiger partial charge in [0, 0.05) is 33.4 Å². The Hall–Kier alpha value is -2.49. The molecule has 0 spiro atoms. The normalized spacial score (nSPS) is 10.4. The maximum absolute atomic E-state index is 12.5. The molecule has 0 aliphatic heterocycles. The van der Waals surface area contributed by atoms with Gasteiger partial charge in [-0.15, -0.1) is 0 Å². The largest absolute Gasteiger partial charge is 0.496 e. The number of aryl methyl sites for hydroxylation is 1. The van der Waals surface area contributed by atoms with Crippen LogP contribution in [0.1, 0.15) is 16.7 Å². The first-order valence-corrected chi connectivity index (χ1v) is 8.04. The van der Waals surface area contributed by atoms with Gasteiger partial charge in [-0.05, 0) is 41.8 Å². The van der Waals surface area contributed by atoms with Gasteiger partial charge in [0.05, 0.1) is 13.5 Å². The lowest BCUT2D eigenvalue weighted by atomic mass is 10.1. The number of benzene rings is 2. The number of methoxy groups -OCH3 is 1. The topological polar surface area (TPSA) is 32.8 Å². The van der Waals surface area contributed by atoms with E-state index in [9.17, 15) is 4.79 Å². The van der Waals surface area contributed by atoms with E-state index in [4.69, 9.17) is 4.74 Å². The molecule has 128 valence electrons. The molecule has 0 radical (unpaired) electrons. The van der Waals surface area contributed by atoms with E-state index in [1.807, 2.05) is 46.3 Å². The number of ether oxygens (including phenoxy) is 1. The smallest absolute Gasteiger partial charge is 0.227 e. The van der Waals surface area contributed by atoms with E-state index in [1.54, 1.807) is 12.0 Å². The zero-order valence-electron chi connectivity index (χ0n) is 15.2. The van der Waals surface area contributed by atoms with Crippen molar-refractivity contribution in [1.29, 1.82) is 0 Å². The molecule has 2 aromatic rings. The second kappa shape index (κ2) is 7.86. The van der Waals surface area contributed by atoms with Crippen molar-refractivity contribution in [2.24, 2.45) is 0 Å². The highest BCUT2D eigenvalue weighted by molar-refractivity contribution is 5.78. The maximum Gasteiger partial charge on any atom is 0.227 e. The quantitative estimate of drug-likeness (QED) is 0.817. The molecule has 2 aromatic carbocycles. The lowest BCUT2D eigenvalue weighted by Gasteiger charge is -2.19. The Morgan fingerprint density at radius 3 is 2.21 bits per heavy atom. The third-order valence-electron chi connectivity index (χ3n) is 4.13. The Morgan fingerprint density at radius 2 is 1.62 bits per heavy atom. The number of anilines is 1. The zero-order chi connectivity index (χ0) is 17.7. The SMILES string of the molecule is COc1cc(CC(=O)N(C)Cc2ccc(N(C)C)cc2)ccc1C. The Morgan fingerprint density at radius 1 is 1.00 bits per heavy atom. The summed E-state index contributed by atoms with van der Waals surface area (Å²) in [6.45, 7) is 2.60. The van der Waals surface area contributed by atoms with Crippen molar-refractivity contribution in [1.82, 2.24) is 4.90 Å². The number of rotatable bonds is 6. The molecular weight excluding hydrogens is 300 g/mol. The van der Waals surface area contributed by atoms with Gasteiger partial charge in [-0.1, -0.05) is 24.3 Å². The van der Waals surface area contributed by atoms with Crippen molar-refractivity contribution < 1.29 is 9.53 Å². The molecule has 24 heavy (non-hydrogen) atoms. The summed E-state index contributed by atoms with van der Waals surface area (Å²) in [6, 6.07) is 14.2. The van der Waals surface area contributed by atoms with Crippen molar-refractivity contribution in [2.45, 2.75) is 19.9 Å². The fraction of sp³-hybridized carbons (Fsp3) is 0.350. The average Bonchev–Trinajstić information content (AvgIpc) is 2.57. The van der Waals surface area contributed by atoms with Gasteiger partial charge >= 0.3 is 0 Å². The molecule has 0 aliphatic carbocycles. The van der Waals surface area contributed by atoms with Crippen LogP contribution in [0.15, 0.2) is 42.5 Å². The van der Waals surface area contributed by atoms with Crippen LogP contribution in [-0.2, 0) is 17.8 Å². The van der Waals surface area contributed by atoms with Crippen LogP contribution < -0.4 is 9.64 Å². The summed E-state index contributed by atoms with van der Waals surface area (Å²) in [6.07, 6.45) is 0.378. The minimum Gasteiger partial charge on any atom is -0.496 e. The van der Waals surface area contributed by atoms with Crippen LogP contribution >= 0.6 is 0 Å². The number of amides is 1. The number of carbonyl (C=O) groups excluding carboxylic acids is 1. The molecule has 0 N–H and O–H groups in total. The van der Waals surface area contributed by atoms with Gasteiger partial charge in [-0.25, -0.2) is 0 Å². The Balaban J connectivity index is 1.99. The first kappa shape index (κ1) is 17.9. The standard InChI is InChI=1S/C20H26N2O2/c1-15-6-7-17(12-19(15)24-5)13-20(23)22(4)14-16-8-10-18(11-9-16)21(2)3/h6-12H,13-14H2,1-5H3. The summed E-state index contributed by atoms with van der Waals surface area (Å²) in [4.78, 5) is 16.3. The van der Waals surface area contributed by atoms with Crippen LogP contribution in [-0.4, -0.2) is 39.1 Å². The number of likely N-dealkylation sites (N-methyl/N-ethyl adjacent to an activating group) is 1. The number of nitrogens with zero attached hydrogens (tertiary/aromatic N) is 2. The highest BCUT2D eigenvalue weighted by Crippen LogP contribution is 2.20. The first-order chi connectivity index (χ1) is 11.4. The van der Waals surface area contributed by atoms with E-state index >= 15 is 0 Å². The first-order valence-electron chi connectivity index (χ1n) is 8.04. The average molecular weight is 326 g/mol. The van der Waals surface area contributed by atoms with Gasteiger partial charge in [0.1, 0.15) is 5.75 Å². The van der Waals surface area contributed by atoms with Crippen molar-refractivity contribution in [3.8, 4) is 5.75 Å². The van der Waals surface area contributed by atoms with Crippen LogP contribution in [0.25, 0.3) is 0 Å². The van der Waals surface area contributed by atoms with Crippen molar-refractivity contribution in [3.05, 3.63) is 59.2 Å². The molecule has 0 fully saturated rings. The van der Waals surface area contributed by atoms with E-state index in [2.05, 4.69) is 29.2 Å². The number of hydrogen-bond donors (Lipinski definition) is 0. The van der Waals surface area contributed by atoms with E-state index < -0.39 is 0 Å². The minimum absolute atomic E-state index is 0.0950. The third-order valence-corrected chi connectivity index (χ3v) is 4.13. The summed E-state index contributed by atoms with van der Waals surface area (Å²) >= 11 is 0. The summed E-state index contributed by atoms with van der Waals surface area (Å²) in [5, 5.41) is 0. The molecular formula is C20H26N2O2. The zero-order valence-corrected chi connectivity index (χ0v) is 15.2. The number of hydrogen-bond acceptors (Lipinski definition) is 3. The van der Waals surface area contributed by atoms with Gasteiger partial charge < -0.3 is 14.5 Å². The molecule has 0 saturated heterocycles. The molecule has 0 heterocycles. The van der Waals surface area contributed by atoms with Gasteiger partial charge in [0.15, 0.2) is 0 Å². The second-order valence-electron chi connectivity index (χ2n) is 6.29.